The second-order valence-corrected chi connectivity index (χ2v) is 18.2. The third-order valence-corrected chi connectivity index (χ3v) is 14.1. The minimum Gasteiger partial charge on any atom is -0.309 e. The number of para-hydroxylation sites is 4. The lowest BCUT2D eigenvalue weighted by Crippen LogP contribution is -2.13. The molecule has 0 fully saturated rings. The molecule has 0 unspecified atom stereocenters. The molecular formula is C66H43N5. The number of hydrogen-bond acceptors (Lipinski definition) is 2. The van der Waals surface area contributed by atoms with Gasteiger partial charge in [0.2, 0.25) is 5.96 Å². The summed E-state index contributed by atoms with van der Waals surface area (Å²) in [5, 5.41) is 7.13. The third kappa shape index (κ3) is 6.78. The Morgan fingerprint density at radius 3 is 1.10 bits per heavy atom. The molecule has 0 radical (unpaired) electrons. The Labute approximate surface area is 410 Å². The Balaban J connectivity index is 0.999. The van der Waals surface area contributed by atoms with Gasteiger partial charge in [-0.2, -0.15) is 0 Å². The Morgan fingerprint density at radius 2 is 0.634 bits per heavy atom. The molecule has 332 valence electrons. The van der Waals surface area contributed by atoms with E-state index in [0.717, 1.165) is 78.0 Å². The van der Waals surface area contributed by atoms with Crippen molar-refractivity contribution in [3.05, 3.63) is 272 Å². The predicted molar refractivity (Wildman–Crippen MR) is 298 cm³/mol. The second-order valence-electron chi connectivity index (χ2n) is 18.2. The van der Waals surface area contributed by atoms with Crippen molar-refractivity contribution in [2.75, 3.05) is 0 Å². The number of rotatable bonds is 6. The Bertz CT molecular complexity index is 4110. The summed E-state index contributed by atoms with van der Waals surface area (Å²) in [5.41, 5.74) is 17.4. The second kappa shape index (κ2) is 16.6. The molecule has 71 heavy (non-hydrogen) atoms. The van der Waals surface area contributed by atoms with Crippen LogP contribution in [0, 0.1) is 0 Å². The van der Waals surface area contributed by atoms with Crippen molar-refractivity contribution in [1.82, 2.24) is 13.7 Å². The summed E-state index contributed by atoms with van der Waals surface area (Å²) in [4.78, 5) is 10.9. The van der Waals surface area contributed by atoms with Crippen molar-refractivity contribution in [3.8, 4) is 33.6 Å². The summed E-state index contributed by atoms with van der Waals surface area (Å²) in [6, 6.07) is 87.1. The number of allylic oxidation sites excluding steroid dienone is 3. The van der Waals surface area contributed by atoms with Gasteiger partial charge in [0.25, 0.3) is 0 Å². The van der Waals surface area contributed by atoms with E-state index in [1.54, 1.807) is 0 Å². The molecule has 0 aliphatic carbocycles. The van der Waals surface area contributed by atoms with Crippen LogP contribution in [0.15, 0.2) is 271 Å². The average molecular weight is 906 g/mol. The van der Waals surface area contributed by atoms with Crippen molar-refractivity contribution in [3.63, 3.8) is 0 Å². The van der Waals surface area contributed by atoms with E-state index in [-0.39, 0.29) is 0 Å². The molecule has 14 rings (SSSR count). The standard InChI is InChI=1S/C66H43N5/c1-5-18-44(19-6-1)58-28-17-29-59(45-20-7-2-8-21-45)68-66(67-58)71-64-38-34-48(46-32-36-62-54(40-46)52-26-13-15-30-60(52)69(62)50-22-9-3-10-23-50)42-56(64)57-43-49(35-39-65(57)71)47-33-37-63-55(41-47)53-27-14-16-31-61(53)70(63)51-24-11-4-12-25-51/h1-43H. The van der Waals surface area contributed by atoms with E-state index >= 15 is 0 Å². The minimum atomic E-state index is 0.592. The van der Waals surface area contributed by atoms with Gasteiger partial charge in [-0.25, -0.2) is 9.98 Å². The van der Waals surface area contributed by atoms with Crippen LogP contribution in [0.1, 0.15) is 11.1 Å². The van der Waals surface area contributed by atoms with E-state index < -0.39 is 0 Å². The molecule has 10 aromatic carbocycles. The number of benzene rings is 10. The molecule has 0 amide bonds. The lowest BCUT2D eigenvalue weighted by Gasteiger charge is -2.13. The van der Waals surface area contributed by atoms with E-state index in [4.69, 9.17) is 9.98 Å². The van der Waals surface area contributed by atoms with Crippen LogP contribution >= 0.6 is 0 Å². The van der Waals surface area contributed by atoms with Crippen LogP contribution < -0.4 is 0 Å². The fraction of sp³-hybridized carbons (Fsp3) is 0. The van der Waals surface area contributed by atoms with Gasteiger partial charge in [-0.3, -0.25) is 4.57 Å². The quantitative estimate of drug-likeness (QED) is 0.159. The molecule has 4 heterocycles. The molecule has 0 saturated heterocycles. The fourth-order valence-electron chi connectivity index (χ4n) is 10.8. The number of nitrogens with zero attached hydrogens (tertiary/aromatic N) is 5. The van der Waals surface area contributed by atoms with Gasteiger partial charge < -0.3 is 9.13 Å². The monoisotopic (exact) mass is 905 g/mol. The summed E-state index contributed by atoms with van der Waals surface area (Å²) in [5.74, 6) is 0.592. The van der Waals surface area contributed by atoms with E-state index in [0.29, 0.717) is 5.96 Å². The lowest BCUT2D eigenvalue weighted by atomic mass is 9.98. The number of aromatic nitrogens is 3. The lowest BCUT2D eigenvalue weighted by molar-refractivity contribution is 1.18. The van der Waals surface area contributed by atoms with Crippen molar-refractivity contribution in [2.45, 2.75) is 0 Å². The van der Waals surface area contributed by atoms with Crippen LogP contribution in [-0.4, -0.2) is 25.4 Å². The zero-order valence-corrected chi connectivity index (χ0v) is 38.6. The Hall–Kier alpha value is -9.58. The van der Waals surface area contributed by atoms with Crippen molar-refractivity contribution in [2.24, 2.45) is 9.98 Å². The van der Waals surface area contributed by atoms with Gasteiger partial charge >= 0.3 is 0 Å². The first-order valence-corrected chi connectivity index (χ1v) is 24.2. The van der Waals surface area contributed by atoms with Crippen LogP contribution in [0.3, 0.4) is 0 Å². The molecule has 0 spiro atoms. The van der Waals surface area contributed by atoms with Gasteiger partial charge in [-0.1, -0.05) is 164 Å². The maximum absolute atomic E-state index is 5.46. The summed E-state index contributed by atoms with van der Waals surface area (Å²) in [6.45, 7) is 0. The average Bonchev–Trinajstić information content (AvgIpc) is 4.07. The van der Waals surface area contributed by atoms with E-state index in [2.05, 4.69) is 262 Å². The van der Waals surface area contributed by atoms with Gasteiger partial charge in [0.15, 0.2) is 0 Å². The molecular weight excluding hydrogens is 863 g/mol. The summed E-state index contributed by atoms with van der Waals surface area (Å²) in [7, 11) is 0. The molecule has 0 saturated carbocycles. The molecule has 3 aromatic heterocycles. The van der Waals surface area contributed by atoms with Crippen LogP contribution in [0.25, 0.3) is 105 Å². The summed E-state index contributed by atoms with van der Waals surface area (Å²) >= 11 is 0. The normalized spacial score (nSPS) is 13.0. The van der Waals surface area contributed by atoms with Gasteiger partial charge in [-0.05, 0) is 119 Å². The van der Waals surface area contributed by atoms with Gasteiger partial charge in [-0.15, -0.1) is 0 Å². The van der Waals surface area contributed by atoms with Gasteiger partial charge in [0.05, 0.1) is 44.5 Å². The summed E-state index contributed by atoms with van der Waals surface area (Å²) < 4.78 is 7.00. The molecule has 5 nitrogen and oxygen atoms in total. The molecule has 1 aliphatic rings. The number of aliphatic imine (C=N–C) groups is 2. The zero-order chi connectivity index (χ0) is 46.8. The van der Waals surface area contributed by atoms with Crippen LogP contribution in [0.2, 0.25) is 0 Å². The van der Waals surface area contributed by atoms with Gasteiger partial charge in [0, 0.05) is 54.8 Å². The summed E-state index contributed by atoms with van der Waals surface area (Å²) in [6.07, 6.45) is 6.24. The van der Waals surface area contributed by atoms with E-state index in [1.165, 1.54) is 43.6 Å². The van der Waals surface area contributed by atoms with E-state index in [9.17, 15) is 0 Å². The molecule has 0 bridgehead atoms. The van der Waals surface area contributed by atoms with Crippen LogP contribution in [-0.2, 0) is 0 Å². The maximum atomic E-state index is 5.46. The Kier molecular flexibility index (Phi) is 9.46. The first-order valence-electron chi connectivity index (χ1n) is 24.2. The molecule has 1 aliphatic heterocycles. The Morgan fingerprint density at radius 1 is 0.268 bits per heavy atom. The zero-order valence-electron chi connectivity index (χ0n) is 38.6. The highest BCUT2D eigenvalue weighted by atomic mass is 15.2. The fourth-order valence-corrected chi connectivity index (χ4v) is 10.8. The highest BCUT2D eigenvalue weighted by Gasteiger charge is 2.21. The van der Waals surface area contributed by atoms with Crippen LogP contribution in [0.4, 0.5) is 0 Å². The maximum Gasteiger partial charge on any atom is 0.235 e. The highest BCUT2D eigenvalue weighted by molar-refractivity contribution is 6.21. The molecule has 0 N–H and O–H groups in total. The minimum absolute atomic E-state index is 0.592. The molecule has 0 atom stereocenters. The van der Waals surface area contributed by atoms with Crippen LogP contribution in [0.5, 0.6) is 0 Å². The predicted octanol–water partition coefficient (Wildman–Crippen LogP) is 16.6. The number of hydrogen-bond donors (Lipinski definition) is 0. The molecule has 13 aromatic rings. The first kappa shape index (κ1) is 40.5. The van der Waals surface area contributed by atoms with E-state index in [1.807, 2.05) is 12.1 Å². The SMILES string of the molecule is C1=CC(c2ccccc2)=NC(n2c3ccc(-c4ccc5c(c4)c4ccccc4n5-c4ccccc4)cc3c3cc(-c4ccc5c(c4)c4ccccc4n5-c4ccccc4)ccc32)=NC(c2ccccc2)=C1. The number of fused-ring (bicyclic) bond motifs is 9. The topological polar surface area (TPSA) is 39.5 Å². The van der Waals surface area contributed by atoms with Gasteiger partial charge in [0.1, 0.15) is 0 Å². The third-order valence-electron chi connectivity index (χ3n) is 14.1. The largest absolute Gasteiger partial charge is 0.309 e. The molecule has 5 heteroatoms. The van der Waals surface area contributed by atoms with Crippen molar-refractivity contribution >= 4 is 82.8 Å². The first-order chi connectivity index (χ1) is 35.2. The van der Waals surface area contributed by atoms with Crippen molar-refractivity contribution < 1.29 is 0 Å². The smallest absolute Gasteiger partial charge is 0.235 e. The van der Waals surface area contributed by atoms with Crippen molar-refractivity contribution in [1.29, 1.82) is 0 Å². The highest BCUT2D eigenvalue weighted by Crippen LogP contribution is 2.41.